The second kappa shape index (κ2) is 5.37. The summed E-state index contributed by atoms with van der Waals surface area (Å²) in [6.07, 6.45) is 3.10. The number of nitrogens with zero attached hydrogens (tertiary/aromatic N) is 2. The van der Waals surface area contributed by atoms with Crippen molar-refractivity contribution in [3.8, 4) is 0 Å². The van der Waals surface area contributed by atoms with Crippen molar-refractivity contribution in [3.05, 3.63) is 46.7 Å². The zero-order valence-corrected chi connectivity index (χ0v) is 11.0. The van der Waals surface area contributed by atoms with E-state index in [0.29, 0.717) is 20.6 Å². The molecule has 0 amide bonds. The fourth-order valence-corrected chi connectivity index (χ4v) is 2.41. The van der Waals surface area contributed by atoms with Gasteiger partial charge in [-0.2, -0.15) is 0 Å². The van der Waals surface area contributed by atoms with Gasteiger partial charge in [0.1, 0.15) is 10.1 Å². The number of rotatable bonds is 3. The summed E-state index contributed by atoms with van der Waals surface area (Å²) in [6, 6.07) is 5.10. The number of aryl methyl sites for hydroxylation is 1. The van der Waals surface area contributed by atoms with Gasteiger partial charge in [-0.1, -0.05) is 11.6 Å². The zero-order valence-electron chi connectivity index (χ0n) is 9.42. The van der Waals surface area contributed by atoms with Gasteiger partial charge in [0.15, 0.2) is 0 Å². The predicted octanol–water partition coefficient (Wildman–Crippen LogP) is 3.29. The van der Waals surface area contributed by atoms with Crippen LogP contribution >= 0.6 is 23.4 Å². The first-order valence-electron chi connectivity index (χ1n) is 5.06. The number of aromatic nitrogens is 2. The van der Waals surface area contributed by atoms with E-state index >= 15 is 0 Å². The molecule has 0 atom stereocenters. The molecule has 0 aliphatic rings. The van der Waals surface area contributed by atoms with Gasteiger partial charge in [0.25, 0.3) is 0 Å². The number of hydrogen-bond acceptors (Lipinski definition) is 4. The molecular weight excluding hydrogens is 272 g/mol. The highest BCUT2D eigenvalue weighted by Crippen LogP contribution is 2.29. The largest absolute Gasteiger partial charge is 0.478 e. The molecule has 0 spiro atoms. The van der Waals surface area contributed by atoms with E-state index in [2.05, 4.69) is 9.97 Å². The number of pyridine rings is 2. The SMILES string of the molecule is Cc1ccnc(Sc2ccc(Cl)cn2)c1C(=O)O. The Morgan fingerprint density at radius 2 is 2.11 bits per heavy atom. The zero-order chi connectivity index (χ0) is 13.1. The molecule has 0 bridgehead atoms. The first-order valence-corrected chi connectivity index (χ1v) is 6.25. The summed E-state index contributed by atoms with van der Waals surface area (Å²) in [4.78, 5) is 19.4. The molecule has 18 heavy (non-hydrogen) atoms. The van der Waals surface area contributed by atoms with E-state index in [9.17, 15) is 9.90 Å². The lowest BCUT2D eigenvalue weighted by molar-refractivity contribution is 0.0691. The first kappa shape index (κ1) is 12.9. The van der Waals surface area contributed by atoms with Crippen LogP contribution in [0.3, 0.4) is 0 Å². The molecule has 0 saturated carbocycles. The number of halogens is 1. The molecule has 92 valence electrons. The van der Waals surface area contributed by atoms with Crippen LogP contribution in [0.4, 0.5) is 0 Å². The van der Waals surface area contributed by atoms with E-state index in [1.165, 1.54) is 18.0 Å². The Labute approximate surface area is 113 Å². The smallest absolute Gasteiger partial charge is 0.338 e. The summed E-state index contributed by atoms with van der Waals surface area (Å²) >= 11 is 6.94. The minimum atomic E-state index is -0.989. The molecule has 0 aliphatic heterocycles. The number of carboxylic acids is 1. The third kappa shape index (κ3) is 2.80. The van der Waals surface area contributed by atoms with Crippen LogP contribution in [0.25, 0.3) is 0 Å². The normalized spacial score (nSPS) is 10.3. The molecular formula is C12H9ClN2O2S. The van der Waals surface area contributed by atoms with Crippen LogP contribution in [-0.4, -0.2) is 21.0 Å². The number of carboxylic acid groups (broad SMARTS) is 1. The molecule has 1 N–H and O–H groups in total. The third-order valence-electron chi connectivity index (χ3n) is 2.24. The summed E-state index contributed by atoms with van der Waals surface area (Å²) in [6.45, 7) is 1.74. The maximum atomic E-state index is 11.2. The molecule has 2 rings (SSSR count). The van der Waals surface area contributed by atoms with Crippen molar-refractivity contribution in [2.24, 2.45) is 0 Å². The van der Waals surface area contributed by atoms with Crippen LogP contribution in [0.1, 0.15) is 15.9 Å². The van der Waals surface area contributed by atoms with Crippen LogP contribution in [0, 0.1) is 6.92 Å². The van der Waals surface area contributed by atoms with Gasteiger partial charge in [0.2, 0.25) is 0 Å². The Balaban J connectivity index is 2.37. The standard InChI is InChI=1S/C12H9ClN2O2S/c1-7-4-5-14-11(10(7)12(16)17)18-9-3-2-8(13)6-15-9/h2-6H,1H3,(H,16,17). The maximum Gasteiger partial charge on any atom is 0.338 e. The topological polar surface area (TPSA) is 63.1 Å². The van der Waals surface area contributed by atoms with Crippen molar-refractivity contribution < 1.29 is 9.90 Å². The van der Waals surface area contributed by atoms with Gasteiger partial charge in [0, 0.05) is 12.4 Å². The molecule has 0 saturated heterocycles. The highest BCUT2D eigenvalue weighted by Gasteiger charge is 2.15. The molecule has 0 aliphatic carbocycles. The minimum Gasteiger partial charge on any atom is -0.478 e. The van der Waals surface area contributed by atoms with Crippen LogP contribution in [-0.2, 0) is 0 Å². The lowest BCUT2D eigenvalue weighted by atomic mass is 10.2. The molecule has 0 unspecified atom stereocenters. The van der Waals surface area contributed by atoms with Crippen molar-refractivity contribution in [2.75, 3.05) is 0 Å². The molecule has 4 nitrogen and oxygen atoms in total. The molecule has 0 radical (unpaired) electrons. The van der Waals surface area contributed by atoms with Crippen LogP contribution < -0.4 is 0 Å². The Morgan fingerprint density at radius 3 is 2.72 bits per heavy atom. The summed E-state index contributed by atoms with van der Waals surface area (Å²) in [5.41, 5.74) is 0.883. The summed E-state index contributed by atoms with van der Waals surface area (Å²) in [7, 11) is 0. The first-order chi connectivity index (χ1) is 8.58. The van der Waals surface area contributed by atoms with Crippen molar-refractivity contribution in [3.63, 3.8) is 0 Å². The molecule has 2 aromatic rings. The quantitative estimate of drug-likeness (QED) is 0.935. The monoisotopic (exact) mass is 280 g/mol. The maximum absolute atomic E-state index is 11.2. The fraction of sp³-hybridized carbons (Fsp3) is 0.0833. The van der Waals surface area contributed by atoms with Gasteiger partial charge in [-0.25, -0.2) is 14.8 Å². The Morgan fingerprint density at radius 1 is 1.33 bits per heavy atom. The Kier molecular flexibility index (Phi) is 3.84. The summed E-state index contributed by atoms with van der Waals surface area (Å²) in [5, 5.41) is 10.8. The van der Waals surface area contributed by atoms with Crippen molar-refractivity contribution in [2.45, 2.75) is 17.0 Å². The second-order valence-electron chi connectivity index (χ2n) is 3.53. The van der Waals surface area contributed by atoms with Gasteiger partial charge in [-0.15, -0.1) is 0 Å². The van der Waals surface area contributed by atoms with E-state index in [0.717, 1.165) is 0 Å². The van der Waals surface area contributed by atoms with E-state index in [1.807, 2.05) is 0 Å². The van der Waals surface area contributed by atoms with Gasteiger partial charge >= 0.3 is 5.97 Å². The highest BCUT2D eigenvalue weighted by atomic mass is 35.5. The average molecular weight is 281 g/mol. The Hall–Kier alpha value is -1.59. The van der Waals surface area contributed by atoms with Gasteiger partial charge < -0.3 is 5.11 Å². The molecule has 0 fully saturated rings. The van der Waals surface area contributed by atoms with Crippen molar-refractivity contribution >= 4 is 29.3 Å². The number of hydrogen-bond donors (Lipinski definition) is 1. The molecule has 2 aromatic heterocycles. The lowest BCUT2D eigenvalue weighted by Crippen LogP contribution is -2.03. The number of carbonyl (C=O) groups is 1. The van der Waals surface area contributed by atoms with Crippen molar-refractivity contribution in [1.82, 2.24) is 9.97 Å². The molecule has 2 heterocycles. The second-order valence-corrected chi connectivity index (χ2v) is 4.98. The highest BCUT2D eigenvalue weighted by molar-refractivity contribution is 7.99. The van der Waals surface area contributed by atoms with Gasteiger partial charge in [-0.3, -0.25) is 0 Å². The van der Waals surface area contributed by atoms with Gasteiger partial charge in [-0.05, 0) is 42.4 Å². The average Bonchev–Trinajstić information content (AvgIpc) is 2.32. The number of aromatic carboxylic acids is 1. The van der Waals surface area contributed by atoms with Crippen LogP contribution in [0.15, 0.2) is 40.6 Å². The van der Waals surface area contributed by atoms with E-state index in [4.69, 9.17) is 11.6 Å². The van der Waals surface area contributed by atoms with E-state index < -0.39 is 5.97 Å². The summed E-state index contributed by atoms with van der Waals surface area (Å²) < 4.78 is 0. The third-order valence-corrected chi connectivity index (χ3v) is 3.42. The van der Waals surface area contributed by atoms with Crippen LogP contribution in [0.5, 0.6) is 0 Å². The van der Waals surface area contributed by atoms with Crippen LogP contribution in [0.2, 0.25) is 5.02 Å². The lowest BCUT2D eigenvalue weighted by Gasteiger charge is -2.06. The van der Waals surface area contributed by atoms with Gasteiger partial charge in [0.05, 0.1) is 10.6 Å². The predicted molar refractivity (Wildman–Crippen MR) is 69.3 cm³/mol. The fourth-order valence-electron chi connectivity index (χ4n) is 1.39. The van der Waals surface area contributed by atoms with Crippen molar-refractivity contribution in [1.29, 1.82) is 0 Å². The molecule has 0 aromatic carbocycles. The van der Waals surface area contributed by atoms with E-state index in [1.54, 1.807) is 31.3 Å². The van der Waals surface area contributed by atoms with E-state index in [-0.39, 0.29) is 5.56 Å². The summed E-state index contributed by atoms with van der Waals surface area (Å²) in [5.74, 6) is -0.989. The minimum absolute atomic E-state index is 0.208. The molecule has 6 heteroatoms. The Bertz CT molecular complexity index is 587.